The molecule has 0 atom stereocenters. The first-order valence-corrected chi connectivity index (χ1v) is 11.9. The van der Waals surface area contributed by atoms with Crippen molar-refractivity contribution in [3.63, 3.8) is 0 Å². The van der Waals surface area contributed by atoms with Crippen molar-refractivity contribution in [1.82, 2.24) is 14.5 Å². The number of nitrogen functional groups attached to an aromatic ring is 1. The lowest BCUT2D eigenvalue weighted by Crippen LogP contribution is -2.06. The van der Waals surface area contributed by atoms with Crippen LogP contribution in [0.25, 0.3) is 11.0 Å². The smallest absolute Gasteiger partial charge is 0.151 e. The van der Waals surface area contributed by atoms with Crippen LogP contribution in [0, 0.1) is 13.8 Å². The number of rotatable bonds is 9. The van der Waals surface area contributed by atoms with Gasteiger partial charge in [-0.1, -0.05) is 36.5 Å². The maximum absolute atomic E-state index is 6.25. The molecule has 0 aliphatic heterocycles. The Morgan fingerprint density at radius 3 is 2.62 bits per heavy atom. The molecule has 0 saturated heterocycles. The van der Waals surface area contributed by atoms with Crippen LogP contribution in [0.15, 0.2) is 23.1 Å². The number of hydrogen-bond donors (Lipinski definition) is 1. The highest BCUT2D eigenvalue weighted by Gasteiger charge is 2.16. The number of nitrogens with zero attached hydrogens (tertiary/aromatic N) is 3. The van der Waals surface area contributed by atoms with Crippen molar-refractivity contribution >= 4 is 51.8 Å². The highest BCUT2D eigenvalue weighted by molar-refractivity contribution is 7.99. The third-order valence-corrected chi connectivity index (χ3v) is 6.95. The van der Waals surface area contributed by atoms with Crippen LogP contribution in [0.4, 0.5) is 5.82 Å². The van der Waals surface area contributed by atoms with Gasteiger partial charge in [-0.05, 0) is 62.6 Å². The summed E-state index contributed by atoms with van der Waals surface area (Å²) in [4.78, 5) is 10.4. The van der Waals surface area contributed by atoms with Crippen molar-refractivity contribution < 1.29 is 0 Å². The second-order valence-corrected chi connectivity index (χ2v) is 9.30. The van der Waals surface area contributed by atoms with E-state index in [1.165, 1.54) is 5.56 Å². The molecule has 0 aliphatic carbocycles. The SMILES string of the molecule is CCCc1nc2c(N)nc(C)c(C)c2n1CCCCCSc1ccc(Cl)cc1Cl. The Morgan fingerprint density at radius 2 is 1.90 bits per heavy atom. The molecule has 2 aromatic heterocycles. The maximum atomic E-state index is 6.25. The molecule has 7 heteroatoms. The summed E-state index contributed by atoms with van der Waals surface area (Å²) in [6, 6.07) is 5.68. The largest absolute Gasteiger partial charge is 0.382 e. The third kappa shape index (κ3) is 5.19. The quantitative estimate of drug-likeness (QED) is 0.285. The molecule has 0 amide bonds. The van der Waals surface area contributed by atoms with Crippen molar-refractivity contribution in [3.05, 3.63) is 45.3 Å². The molecule has 3 rings (SSSR count). The number of benzene rings is 1. The number of aryl methyl sites for hydroxylation is 4. The molecule has 1 aromatic carbocycles. The van der Waals surface area contributed by atoms with E-state index < -0.39 is 0 Å². The highest BCUT2D eigenvalue weighted by Crippen LogP contribution is 2.31. The van der Waals surface area contributed by atoms with Crippen LogP contribution in [-0.2, 0) is 13.0 Å². The minimum atomic E-state index is 0.537. The monoisotopic (exact) mass is 450 g/mol. The second-order valence-electron chi connectivity index (χ2n) is 7.32. The molecule has 0 aliphatic rings. The number of aromatic nitrogens is 3. The van der Waals surface area contributed by atoms with E-state index in [4.69, 9.17) is 33.9 Å². The topological polar surface area (TPSA) is 56.7 Å². The first-order valence-electron chi connectivity index (χ1n) is 10.1. The molecule has 156 valence electrons. The lowest BCUT2D eigenvalue weighted by molar-refractivity contribution is 0.589. The van der Waals surface area contributed by atoms with E-state index in [9.17, 15) is 0 Å². The highest BCUT2D eigenvalue weighted by atomic mass is 35.5. The summed E-state index contributed by atoms with van der Waals surface area (Å²) in [5.41, 5.74) is 10.3. The lowest BCUT2D eigenvalue weighted by atomic mass is 10.2. The van der Waals surface area contributed by atoms with Gasteiger partial charge in [0.2, 0.25) is 0 Å². The Balaban J connectivity index is 1.62. The summed E-state index contributed by atoms with van der Waals surface area (Å²) in [7, 11) is 0. The number of hydrogen-bond acceptors (Lipinski definition) is 4. The fourth-order valence-corrected chi connectivity index (χ4v) is 5.03. The molecule has 0 unspecified atom stereocenters. The lowest BCUT2D eigenvalue weighted by Gasteiger charge is -2.11. The summed E-state index contributed by atoms with van der Waals surface area (Å²) in [5.74, 6) is 2.70. The van der Waals surface area contributed by atoms with Crippen molar-refractivity contribution in [2.75, 3.05) is 11.5 Å². The zero-order chi connectivity index (χ0) is 21.0. The molecular formula is C22H28Cl2N4S. The zero-order valence-electron chi connectivity index (χ0n) is 17.3. The average Bonchev–Trinajstić information content (AvgIpc) is 3.03. The van der Waals surface area contributed by atoms with E-state index in [2.05, 4.69) is 23.4 Å². The minimum absolute atomic E-state index is 0.537. The van der Waals surface area contributed by atoms with Crippen molar-refractivity contribution in [3.8, 4) is 0 Å². The Morgan fingerprint density at radius 1 is 1.10 bits per heavy atom. The van der Waals surface area contributed by atoms with Gasteiger partial charge in [-0.3, -0.25) is 0 Å². The normalized spacial score (nSPS) is 11.5. The molecule has 0 radical (unpaired) electrons. The summed E-state index contributed by atoms with van der Waals surface area (Å²) >= 11 is 14.0. The van der Waals surface area contributed by atoms with E-state index in [0.717, 1.165) is 76.9 Å². The molecule has 2 heterocycles. The third-order valence-electron chi connectivity index (χ3n) is 5.13. The van der Waals surface area contributed by atoms with Gasteiger partial charge in [-0.25, -0.2) is 9.97 Å². The number of imidazole rings is 1. The number of anilines is 1. The van der Waals surface area contributed by atoms with Crippen LogP contribution >= 0.6 is 35.0 Å². The van der Waals surface area contributed by atoms with Gasteiger partial charge in [0, 0.05) is 28.6 Å². The number of halogens is 2. The van der Waals surface area contributed by atoms with Crippen LogP contribution in [0.1, 0.15) is 49.7 Å². The summed E-state index contributed by atoms with van der Waals surface area (Å²) in [5, 5.41) is 1.41. The molecule has 29 heavy (non-hydrogen) atoms. The Hall–Kier alpha value is -1.43. The first kappa shape index (κ1) is 22.3. The van der Waals surface area contributed by atoms with Crippen LogP contribution in [0.2, 0.25) is 10.0 Å². The van der Waals surface area contributed by atoms with Gasteiger partial charge in [0.1, 0.15) is 11.3 Å². The molecule has 3 aromatic rings. The predicted molar refractivity (Wildman–Crippen MR) is 126 cm³/mol. The molecule has 0 spiro atoms. The van der Waals surface area contributed by atoms with Crippen LogP contribution in [-0.4, -0.2) is 20.3 Å². The van der Waals surface area contributed by atoms with Gasteiger partial charge in [-0.2, -0.15) is 0 Å². The van der Waals surface area contributed by atoms with E-state index in [1.807, 2.05) is 19.1 Å². The van der Waals surface area contributed by atoms with E-state index >= 15 is 0 Å². The molecule has 0 saturated carbocycles. The maximum Gasteiger partial charge on any atom is 0.151 e. The molecular weight excluding hydrogens is 423 g/mol. The molecule has 2 N–H and O–H groups in total. The van der Waals surface area contributed by atoms with Crippen molar-refractivity contribution in [2.24, 2.45) is 0 Å². The van der Waals surface area contributed by atoms with E-state index in [-0.39, 0.29) is 0 Å². The van der Waals surface area contributed by atoms with Gasteiger partial charge < -0.3 is 10.3 Å². The summed E-state index contributed by atoms with van der Waals surface area (Å²) < 4.78 is 2.36. The number of pyridine rings is 1. The number of nitrogens with two attached hydrogens (primary N) is 1. The standard InChI is InChI=1S/C22H28Cl2N4S/c1-4-8-19-27-20-21(14(2)15(3)26-22(20)25)28(19)11-6-5-7-12-29-18-10-9-16(23)13-17(18)24/h9-10,13H,4-8,11-12H2,1-3H3,(H2,25,26). The fourth-order valence-electron chi connectivity index (χ4n) is 3.53. The number of fused-ring (bicyclic) bond motifs is 1. The second kappa shape index (κ2) is 10.1. The number of unbranched alkanes of at least 4 members (excludes halogenated alkanes) is 2. The van der Waals surface area contributed by atoms with Gasteiger partial charge in [0.05, 0.1) is 10.5 Å². The van der Waals surface area contributed by atoms with Gasteiger partial charge in [-0.15, -0.1) is 11.8 Å². The van der Waals surface area contributed by atoms with Crippen molar-refractivity contribution in [1.29, 1.82) is 0 Å². The fraction of sp³-hybridized carbons (Fsp3) is 0.455. The number of thioether (sulfide) groups is 1. The first-order chi connectivity index (χ1) is 13.9. The van der Waals surface area contributed by atoms with Crippen LogP contribution < -0.4 is 5.73 Å². The molecule has 0 fully saturated rings. The average molecular weight is 451 g/mol. The zero-order valence-corrected chi connectivity index (χ0v) is 19.6. The summed E-state index contributed by atoms with van der Waals surface area (Å²) in [6.07, 6.45) is 5.42. The summed E-state index contributed by atoms with van der Waals surface area (Å²) in [6.45, 7) is 7.27. The Bertz CT molecular complexity index is 1000. The predicted octanol–water partition coefficient (Wildman–Crippen LogP) is 6.85. The van der Waals surface area contributed by atoms with Crippen LogP contribution in [0.5, 0.6) is 0 Å². The van der Waals surface area contributed by atoms with Gasteiger partial charge in [0.15, 0.2) is 5.82 Å². The van der Waals surface area contributed by atoms with E-state index in [0.29, 0.717) is 10.8 Å². The Kier molecular flexibility index (Phi) is 7.72. The van der Waals surface area contributed by atoms with Crippen molar-refractivity contribution in [2.45, 2.75) is 64.3 Å². The Labute approximate surface area is 187 Å². The van der Waals surface area contributed by atoms with E-state index in [1.54, 1.807) is 17.8 Å². The van der Waals surface area contributed by atoms with Gasteiger partial charge in [0.25, 0.3) is 0 Å². The van der Waals surface area contributed by atoms with Gasteiger partial charge >= 0.3 is 0 Å². The minimum Gasteiger partial charge on any atom is -0.382 e. The van der Waals surface area contributed by atoms with Crippen LogP contribution in [0.3, 0.4) is 0 Å². The molecule has 4 nitrogen and oxygen atoms in total. The molecule has 0 bridgehead atoms.